The minimum Gasteiger partial charge on any atom is -0.498 e. The van der Waals surface area contributed by atoms with Gasteiger partial charge in [0.2, 0.25) is 0 Å². The number of ether oxygens (including phenoxy) is 1. The average Bonchev–Trinajstić information content (AvgIpc) is 2.04. The van der Waals surface area contributed by atoms with Crippen LogP contribution in [0.1, 0.15) is 32.6 Å². The third-order valence-electron chi connectivity index (χ3n) is 2.13. The van der Waals surface area contributed by atoms with Crippen molar-refractivity contribution >= 4 is 0 Å². The van der Waals surface area contributed by atoms with Crippen LogP contribution in [0.25, 0.3) is 0 Å². The minimum atomic E-state index is 0.417. The summed E-state index contributed by atoms with van der Waals surface area (Å²) in [5, 5.41) is 0. The number of hydrogen-bond acceptors (Lipinski definition) is 2. The van der Waals surface area contributed by atoms with E-state index in [1.54, 1.807) is 6.26 Å². The molecule has 64 valence electrons. The van der Waals surface area contributed by atoms with Gasteiger partial charge in [0, 0.05) is 6.04 Å². The van der Waals surface area contributed by atoms with E-state index in [1.807, 2.05) is 13.0 Å². The van der Waals surface area contributed by atoms with Crippen LogP contribution in [0.5, 0.6) is 0 Å². The number of rotatable bonds is 2. The maximum atomic E-state index is 5.75. The van der Waals surface area contributed by atoms with Crippen LogP contribution in [0, 0.1) is 0 Å². The number of allylic oxidation sites excluding steroid dienone is 1. The van der Waals surface area contributed by atoms with Crippen LogP contribution >= 0.6 is 0 Å². The first-order valence-electron chi connectivity index (χ1n) is 4.35. The Kier molecular flexibility index (Phi) is 3.43. The average molecular weight is 155 g/mol. The van der Waals surface area contributed by atoms with Crippen LogP contribution in [0.4, 0.5) is 0 Å². The predicted molar refractivity (Wildman–Crippen MR) is 46.1 cm³/mol. The Morgan fingerprint density at radius 1 is 1.27 bits per heavy atom. The Balaban J connectivity index is 2.17. The molecule has 0 radical (unpaired) electrons. The van der Waals surface area contributed by atoms with Crippen molar-refractivity contribution in [3.8, 4) is 0 Å². The lowest BCUT2D eigenvalue weighted by atomic mass is 9.94. The molecular weight excluding hydrogens is 138 g/mol. The normalized spacial score (nSPS) is 32.5. The van der Waals surface area contributed by atoms with E-state index in [4.69, 9.17) is 10.5 Å². The van der Waals surface area contributed by atoms with Gasteiger partial charge in [-0.15, -0.1) is 0 Å². The minimum absolute atomic E-state index is 0.417. The molecule has 1 saturated carbocycles. The Morgan fingerprint density at radius 2 is 1.91 bits per heavy atom. The monoisotopic (exact) mass is 155 g/mol. The van der Waals surface area contributed by atoms with Crippen molar-refractivity contribution < 1.29 is 4.74 Å². The molecule has 1 aliphatic carbocycles. The van der Waals surface area contributed by atoms with Gasteiger partial charge in [0.05, 0.1) is 12.4 Å². The van der Waals surface area contributed by atoms with E-state index < -0.39 is 0 Å². The molecule has 0 amide bonds. The van der Waals surface area contributed by atoms with Gasteiger partial charge >= 0.3 is 0 Å². The van der Waals surface area contributed by atoms with E-state index >= 15 is 0 Å². The first kappa shape index (κ1) is 8.60. The van der Waals surface area contributed by atoms with Gasteiger partial charge in [-0.05, 0) is 32.6 Å². The van der Waals surface area contributed by atoms with E-state index in [1.165, 1.54) is 0 Å². The fourth-order valence-electron chi connectivity index (χ4n) is 1.41. The Bertz CT molecular complexity index is 126. The van der Waals surface area contributed by atoms with Crippen LogP contribution in [-0.4, -0.2) is 12.1 Å². The third-order valence-corrected chi connectivity index (χ3v) is 2.13. The predicted octanol–water partition coefficient (Wildman–Crippen LogP) is 1.81. The van der Waals surface area contributed by atoms with Gasteiger partial charge in [-0.2, -0.15) is 0 Å². The summed E-state index contributed by atoms with van der Waals surface area (Å²) in [5.74, 6) is 0. The fourth-order valence-corrected chi connectivity index (χ4v) is 1.41. The van der Waals surface area contributed by atoms with Crippen LogP contribution in [0.3, 0.4) is 0 Å². The van der Waals surface area contributed by atoms with E-state index in [-0.39, 0.29) is 0 Å². The first-order valence-corrected chi connectivity index (χ1v) is 4.35. The molecule has 0 atom stereocenters. The lowest BCUT2D eigenvalue weighted by Gasteiger charge is -2.25. The molecule has 0 bridgehead atoms. The zero-order valence-electron chi connectivity index (χ0n) is 7.12. The zero-order valence-corrected chi connectivity index (χ0v) is 7.12. The topological polar surface area (TPSA) is 35.2 Å². The second-order valence-electron chi connectivity index (χ2n) is 3.14. The van der Waals surface area contributed by atoms with Gasteiger partial charge in [0.25, 0.3) is 0 Å². The molecule has 0 unspecified atom stereocenters. The Labute approximate surface area is 68.4 Å². The maximum Gasteiger partial charge on any atom is 0.0979 e. The summed E-state index contributed by atoms with van der Waals surface area (Å²) in [6.07, 6.45) is 8.59. The molecule has 1 rings (SSSR count). The third kappa shape index (κ3) is 2.93. The highest BCUT2D eigenvalue weighted by molar-refractivity contribution is 4.77. The lowest BCUT2D eigenvalue weighted by Crippen LogP contribution is -2.29. The van der Waals surface area contributed by atoms with Gasteiger partial charge in [-0.3, -0.25) is 0 Å². The lowest BCUT2D eigenvalue weighted by molar-refractivity contribution is 0.100. The summed E-state index contributed by atoms with van der Waals surface area (Å²) in [6.45, 7) is 1.97. The van der Waals surface area contributed by atoms with Gasteiger partial charge in [-0.1, -0.05) is 6.08 Å². The molecule has 0 aromatic carbocycles. The summed E-state index contributed by atoms with van der Waals surface area (Å²) in [6, 6.07) is 0.417. The summed E-state index contributed by atoms with van der Waals surface area (Å²) in [5.41, 5.74) is 5.75. The fraction of sp³-hybridized carbons (Fsp3) is 0.778. The highest BCUT2D eigenvalue weighted by Crippen LogP contribution is 2.19. The standard InChI is InChI=1S/C9H17NO/c1-2-7-11-9-5-3-8(10)4-6-9/h2,7-9H,3-6,10H2,1H3/b7-2-. The molecule has 1 fully saturated rings. The second kappa shape index (κ2) is 4.39. The molecule has 1 aliphatic rings. The molecule has 0 aromatic rings. The smallest absolute Gasteiger partial charge is 0.0979 e. The molecular formula is C9H17NO. The SMILES string of the molecule is C/C=C\OC1CCC(N)CC1. The summed E-state index contributed by atoms with van der Waals surface area (Å²) >= 11 is 0. The first-order chi connectivity index (χ1) is 5.33. The Morgan fingerprint density at radius 3 is 2.45 bits per heavy atom. The molecule has 0 heterocycles. The van der Waals surface area contributed by atoms with E-state index in [0.29, 0.717) is 12.1 Å². The van der Waals surface area contributed by atoms with Crippen molar-refractivity contribution in [1.82, 2.24) is 0 Å². The summed E-state index contributed by atoms with van der Waals surface area (Å²) < 4.78 is 5.44. The molecule has 0 saturated heterocycles. The van der Waals surface area contributed by atoms with Crippen LogP contribution in [0.2, 0.25) is 0 Å². The molecule has 0 spiro atoms. The highest BCUT2D eigenvalue weighted by Gasteiger charge is 2.17. The van der Waals surface area contributed by atoms with E-state index in [9.17, 15) is 0 Å². The van der Waals surface area contributed by atoms with E-state index in [2.05, 4.69) is 0 Å². The van der Waals surface area contributed by atoms with E-state index in [0.717, 1.165) is 25.7 Å². The summed E-state index contributed by atoms with van der Waals surface area (Å²) in [7, 11) is 0. The van der Waals surface area contributed by atoms with Gasteiger partial charge in [-0.25, -0.2) is 0 Å². The van der Waals surface area contributed by atoms with Crippen molar-refractivity contribution in [1.29, 1.82) is 0 Å². The van der Waals surface area contributed by atoms with Gasteiger partial charge in [0.1, 0.15) is 0 Å². The van der Waals surface area contributed by atoms with Crippen molar-refractivity contribution in [3.63, 3.8) is 0 Å². The van der Waals surface area contributed by atoms with Crippen LogP contribution < -0.4 is 5.73 Å². The molecule has 0 aliphatic heterocycles. The van der Waals surface area contributed by atoms with Crippen molar-refractivity contribution in [2.75, 3.05) is 0 Å². The largest absolute Gasteiger partial charge is 0.498 e. The van der Waals surface area contributed by atoms with Crippen LogP contribution in [0.15, 0.2) is 12.3 Å². The zero-order chi connectivity index (χ0) is 8.10. The molecule has 2 nitrogen and oxygen atoms in total. The molecule has 0 aromatic heterocycles. The van der Waals surface area contributed by atoms with Crippen LogP contribution in [-0.2, 0) is 4.74 Å². The van der Waals surface area contributed by atoms with Crippen molar-refractivity contribution in [2.45, 2.75) is 44.8 Å². The summed E-state index contributed by atoms with van der Waals surface area (Å²) in [4.78, 5) is 0. The van der Waals surface area contributed by atoms with Gasteiger partial charge < -0.3 is 10.5 Å². The number of nitrogens with two attached hydrogens (primary N) is 1. The van der Waals surface area contributed by atoms with Crippen molar-refractivity contribution in [3.05, 3.63) is 12.3 Å². The quantitative estimate of drug-likeness (QED) is 0.617. The molecule has 11 heavy (non-hydrogen) atoms. The van der Waals surface area contributed by atoms with Crippen molar-refractivity contribution in [2.24, 2.45) is 5.73 Å². The molecule has 2 N–H and O–H groups in total. The Hall–Kier alpha value is -0.500. The maximum absolute atomic E-state index is 5.75. The second-order valence-corrected chi connectivity index (χ2v) is 3.14. The molecule has 2 heteroatoms. The highest BCUT2D eigenvalue weighted by atomic mass is 16.5. The number of hydrogen-bond donors (Lipinski definition) is 1. The van der Waals surface area contributed by atoms with Gasteiger partial charge in [0.15, 0.2) is 0 Å².